The van der Waals surface area contributed by atoms with Crippen molar-refractivity contribution in [2.45, 2.75) is 25.7 Å². The maximum Gasteiger partial charge on any atom is 0.416 e. The van der Waals surface area contributed by atoms with Crippen LogP contribution in [-0.2, 0) is 12.7 Å². The van der Waals surface area contributed by atoms with Crippen LogP contribution in [0.15, 0.2) is 48.5 Å². The van der Waals surface area contributed by atoms with Crippen LogP contribution in [0, 0.1) is 6.92 Å². The zero-order chi connectivity index (χ0) is 27.7. The number of aliphatic hydroxyl groups is 1. The lowest BCUT2D eigenvalue weighted by Gasteiger charge is -2.35. The van der Waals surface area contributed by atoms with Crippen LogP contribution >= 0.6 is 11.3 Å². The van der Waals surface area contributed by atoms with Crippen molar-refractivity contribution in [1.29, 1.82) is 0 Å². The van der Waals surface area contributed by atoms with Crippen molar-refractivity contribution in [1.82, 2.24) is 19.4 Å². The Morgan fingerprint density at radius 3 is 2.51 bits per heavy atom. The Labute approximate surface area is 227 Å². The standard InChI is InChI=1S/C27H29F3N4O4S/c1-17-31-23-13-22(5-6-24(23)39-17)38-16-21(35)15-33-9-7-32(8-10-33)14-18-11-25(36)34(26(18)37)20-4-2-3-19(12-20)27(28,29)30/h2-6,11-13,21,35-37H,7-10,14-16H2,1H3. The number of aryl methyl sites for hydroxylation is 1. The van der Waals surface area contributed by atoms with Crippen LogP contribution in [0.25, 0.3) is 15.9 Å². The molecule has 0 saturated carbocycles. The number of β-amino-alcohol motifs (C(OH)–C–C–N with tert-alkyl or cyclic N) is 1. The number of hydrogen-bond acceptors (Lipinski definition) is 8. The van der Waals surface area contributed by atoms with Gasteiger partial charge in [-0.2, -0.15) is 13.2 Å². The van der Waals surface area contributed by atoms with E-state index in [4.69, 9.17) is 4.74 Å². The SMILES string of the molecule is Cc1nc2cc(OCC(O)CN3CCN(Cc4cc(O)n(-c5cccc(C(F)(F)F)c5)c4O)CC3)ccc2s1. The summed E-state index contributed by atoms with van der Waals surface area (Å²) >= 11 is 1.62. The first-order valence-electron chi connectivity index (χ1n) is 12.5. The molecule has 2 aromatic carbocycles. The molecule has 0 spiro atoms. The lowest BCUT2D eigenvalue weighted by atomic mass is 10.2. The predicted molar refractivity (Wildman–Crippen MR) is 142 cm³/mol. The Hall–Kier alpha value is -3.32. The number of rotatable bonds is 8. The van der Waals surface area contributed by atoms with E-state index in [1.807, 2.05) is 25.1 Å². The molecule has 1 fully saturated rings. The summed E-state index contributed by atoms with van der Waals surface area (Å²) in [6, 6.07) is 11.5. The van der Waals surface area contributed by atoms with Crippen molar-refractivity contribution in [3.8, 4) is 23.2 Å². The van der Waals surface area contributed by atoms with Gasteiger partial charge in [0.05, 0.1) is 26.5 Å². The number of piperazine rings is 1. The summed E-state index contributed by atoms with van der Waals surface area (Å²) < 4.78 is 47.2. The van der Waals surface area contributed by atoms with Crippen molar-refractivity contribution in [3.63, 3.8) is 0 Å². The lowest BCUT2D eigenvalue weighted by Crippen LogP contribution is -2.48. The highest BCUT2D eigenvalue weighted by atomic mass is 32.1. The zero-order valence-electron chi connectivity index (χ0n) is 21.2. The minimum Gasteiger partial charge on any atom is -0.494 e. The summed E-state index contributed by atoms with van der Waals surface area (Å²) in [5, 5.41) is 32.6. The highest BCUT2D eigenvalue weighted by Crippen LogP contribution is 2.36. The van der Waals surface area contributed by atoms with E-state index in [2.05, 4.69) is 14.8 Å². The van der Waals surface area contributed by atoms with Crippen LogP contribution in [0.4, 0.5) is 13.2 Å². The van der Waals surface area contributed by atoms with Crippen molar-refractivity contribution in [2.24, 2.45) is 0 Å². The lowest BCUT2D eigenvalue weighted by molar-refractivity contribution is -0.137. The number of alkyl halides is 3. The van der Waals surface area contributed by atoms with Crippen molar-refractivity contribution in [2.75, 3.05) is 39.3 Å². The maximum absolute atomic E-state index is 13.1. The zero-order valence-corrected chi connectivity index (χ0v) is 22.0. The Bertz CT molecular complexity index is 1450. The number of fused-ring (bicyclic) bond motifs is 1. The molecule has 3 heterocycles. The van der Waals surface area contributed by atoms with Gasteiger partial charge in [-0.3, -0.25) is 14.4 Å². The first-order valence-corrected chi connectivity index (χ1v) is 13.3. The third kappa shape index (κ3) is 6.30. The van der Waals surface area contributed by atoms with E-state index in [1.54, 1.807) is 11.3 Å². The number of aliphatic hydroxyl groups excluding tert-OH is 1. The van der Waals surface area contributed by atoms with E-state index in [1.165, 1.54) is 18.2 Å². The molecule has 1 aliphatic rings. The summed E-state index contributed by atoms with van der Waals surface area (Å²) in [6.45, 7) is 5.56. The van der Waals surface area contributed by atoms with E-state index in [0.717, 1.165) is 31.9 Å². The van der Waals surface area contributed by atoms with Crippen LogP contribution in [0.2, 0.25) is 0 Å². The minimum atomic E-state index is -4.54. The summed E-state index contributed by atoms with van der Waals surface area (Å²) in [5.41, 5.74) is 0.450. The van der Waals surface area contributed by atoms with Crippen LogP contribution in [0.5, 0.6) is 17.5 Å². The number of ether oxygens (including phenoxy) is 1. The van der Waals surface area contributed by atoms with E-state index in [0.29, 0.717) is 50.6 Å². The molecule has 12 heteroatoms. The van der Waals surface area contributed by atoms with Gasteiger partial charge in [0.15, 0.2) is 5.88 Å². The third-order valence-electron chi connectivity index (χ3n) is 6.70. The number of hydrogen-bond donors (Lipinski definition) is 3. The summed E-state index contributed by atoms with van der Waals surface area (Å²) in [6.07, 6.45) is -5.21. The van der Waals surface area contributed by atoms with Gasteiger partial charge >= 0.3 is 6.18 Å². The highest BCUT2D eigenvalue weighted by molar-refractivity contribution is 7.18. The molecule has 208 valence electrons. The largest absolute Gasteiger partial charge is 0.494 e. The predicted octanol–water partition coefficient (Wildman–Crippen LogP) is 4.38. The second-order valence-corrected chi connectivity index (χ2v) is 10.9. The van der Waals surface area contributed by atoms with Crippen LogP contribution in [0.3, 0.4) is 0 Å². The average molecular weight is 563 g/mol. The van der Waals surface area contributed by atoms with Crippen LogP contribution in [0.1, 0.15) is 16.1 Å². The highest BCUT2D eigenvalue weighted by Gasteiger charge is 2.31. The molecule has 8 nitrogen and oxygen atoms in total. The van der Waals surface area contributed by atoms with Gasteiger partial charge in [0.25, 0.3) is 0 Å². The Kier molecular flexibility index (Phi) is 7.72. The van der Waals surface area contributed by atoms with Crippen LogP contribution < -0.4 is 4.74 Å². The van der Waals surface area contributed by atoms with Crippen LogP contribution in [-0.4, -0.2) is 80.1 Å². The molecule has 1 atom stereocenters. The first kappa shape index (κ1) is 27.3. The molecule has 1 saturated heterocycles. The molecule has 5 rings (SSSR count). The third-order valence-corrected chi connectivity index (χ3v) is 7.65. The number of aromatic hydroxyl groups is 2. The van der Waals surface area contributed by atoms with Crippen molar-refractivity contribution < 1.29 is 33.2 Å². The van der Waals surface area contributed by atoms with Gasteiger partial charge in [-0.05, 0) is 37.3 Å². The fraction of sp³-hybridized carbons (Fsp3) is 0.370. The van der Waals surface area contributed by atoms with Gasteiger partial charge in [0.1, 0.15) is 18.5 Å². The summed E-state index contributed by atoms with van der Waals surface area (Å²) in [5.74, 6) is 0.0253. The summed E-state index contributed by atoms with van der Waals surface area (Å²) in [7, 11) is 0. The smallest absolute Gasteiger partial charge is 0.416 e. The number of thiazole rings is 1. The van der Waals surface area contributed by atoms with Crippen molar-refractivity contribution in [3.05, 3.63) is 64.7 Å². The number of nitrogens with zero attached hydrogens (tertiary/aromatic N) is 4. The Morgan fingerprint density at radius 1 is 1.03 bits per heavy atom. The molecule has 1 unspecified atom stereocenters. The van der Waals surface area contributed by atoms with Gasteiger partial charge in [0, 0.05) is 57.0 Å². The second-order valence-electron chi connectivity index (χ2n) is 9.64. The second kappa shape index (κ2) is 11.0. The normalized spacial score (nSPS) is 16.1. The Balaban J connectivity index is 1.12. The topological polar surface area (TPSA) is 94.2 Å². The summed E-state index contributed by atoms with van der Waals surface area (Å²) in [4.78, 5) is 8.67. The van der Waals surface area contributed by atoms with E-state index in [9.17, 15) is 28.5 Å². The van der Waals surface area contributed by atoms with Gasteiger partial charge in [0.2, 0.25) is 5.88 Å². The van der Waals surface area contributed by atoms with E-state index < -0.39 is 17.8 Å². The first-order chi connectivity index (χ1) is 18.6. The fourth-order valence-electron chi connectivity index (χ4n) is 4.76. The monoisotopic (exact) mass is 562 g/mol. The quantitative estimate of drug-likeness (QED) is 0.294. The Morgan fingerprint density at radius 2 is 1.77 bits per heavy atom. The molecular weight excluding hydrogens is 533 g/mol. The van der Waals surface area contributed by atoms with E-state index in [-0.39, 0.29) is 24.1 Å². The molecule has 39 heavy (non-hydrogen) atoms. The maximum atomic E-state index is 13.1. The van der Waals surface area contributed by atoms with Gasteiger partial charge in [-0.25, -0.2) is 4.98 Å². The van der Waals surface area contributed by atoms with Gasteiger partial charge in [-0.1, -0.05) is 6.07 Å². The number of aromatic nitrogens is 2. The average Bonchev–Trinajstić information content (AvgIpc) is 3.40. The fourth-order valence-corrected chi connectivity index (χ4v) is 5.56. The molecule has 2 aromatic heterocycles. The van der Waals surface area contributed by atoms with E-state index >= 15 is 0 Å². The van der Waals surface area contributed by atoms with Crippen molar-refractivity contribution >= 4 is 21.6 Å². The minimum absolute atomic E-state index is 0.0220. The molecular formula is C27H29F3N4O4S. The molecule has 0 aliphatic carbocycles. The molecule has 1 aliphatic heterocycles. The number of halogens is 3. The molecule has 0 amide bonds. The molecule has 0 bridgehead atoms. The molecule has 3 N–H and O–H groups in total. The molecule has 4 aromatic rings. The molecule has 0 radical (unpaired) electrons. The van der Waals surface area contributed by atoms with Gasteiger partial charge in [-0.15, -0.1) is 11.3 Å². The van der Waals surface area contributed by atoms with Gasteiger partial charge < -0.3 is 20.1 Å². The number of benzene rings is 2.